The van der Waals surface area contributed by atoms with Crippen molar-refractivity contribution in [2.75, 3.05) is 19.8 Å². The highest BCUT2D eigenvalue weighted by molar-refractivity contribution is 6.58. The Hall–Kier alpha value is -0.875. The van der Waals surface area contributed by atoms with Crippen LogP contribution in [0.3, 0.4) is 0 Å². The van der Waals surface area contributed by atoms with Crippen molar-refractivity contribution in [3.05, 3.63) is 29.8 Å². The summed E-state index contributed by atoms with van der Waals surface area (Å²) in [5.74, 6) is 0. The monoisotopic (exact) mass is 224 g/mol. The zero-order valence-electron chi connectivity index (χ0n) is 9.43. The van der Waals surface area contributed by atoms with Crippen LogP contribution in [0.5, 0.6) is 0 Å². The Morgan fingerprint density at radius 3 is 2.25 bits per heavy atom. The fourth-order valence-corrected chi connectivity index (χ4v) is 1.24. The molecule has 0 aliphatic carbocycles. The summed E-state index contributed by atoms with van der Waals surface area (Å²) in [7, 11) is -1.41. The Labute approximate surface area is 96.0 Å². The molecule has 1 aromatic rings. The summed E-state index contributed by atoms with van der Waals surface area (Å²) in [5, 5.41) is 17.8. The Balaban J connectivity index is 2.27. The molecule has 1 rings (SSSR count). The largest absolute Gasteiger partial charge is 0.488 e. The smallest absolute Gasteiger partial charge is 0.423 e. The van der Waals surface area contributed by atoms with Gasteiger partial charge in [0, 0.05) is 6.61 Å². The molecule has 0 heterocycles. The minimum absolute atomic E-state index is 0.484. The maximum Gasteiger partial charge on any atom is 0.488 e. The summed E-state index contributed by atoms with van der Waals surface area (Å²) in [5.41, 5.74) is 1.49. The molecule has 88 valence electrons. The van der Waals surface area contributed by atoms with Crippen LogP contribution in [0.4, 0.5) is 0 Å². The van der Waals surface area contributed by atoms with Crippen molar-refractivity contribution >= 4 is 12.6 Å². The molecule has 1 aromatic carbocycles. The summed E-state index contributed by atoms with van der Waals surface area (Å²) < 4.78 is 10.5. The average molecular weight is 224 g/mol. The summed E-state index contributed by atoms with van der Waals surface area (Å²) in [6.45, 7) is 4.32. The lowest BCUT2D eigenvalue weighted by Gasteiger charge is -2.05. The Morgan fingerprint density at radius 1 is 1.06 bits per heavy atom. The van der Waals surface area contributed by atoms with Crippen LogP contribution in [0.15, 0.2) is 24.3 Å². The summed E-state index contributed by atoms with van der Waals surface area (Å²) in [6.07, 6.45) is 0. The first-order valence-corrected chi connectivity index (χ1v) is 5.34. The van der Waals surface area contributed by atoms with Gasteiger partial charge in [-0.25, -0.2) is 0 Å². The molecule has 16 heavy (non-hydrogen) atoms. The van der Waals surface area contributed by atoms with Gasteiger partial charge in [0.05, 0.1) is 19.8 Å². The predicted octanol–water partition coefficient (Wildman–Crippen LogP) is -0.0805. The zero-order chi connectivity index (χ0) is 11.8. The Bertz CT molecular complexity index is 287. The van der Waals surface area contributed by atoms with Gasteiger partial charge in [-0.1, -0.05) is 24.3 Å². The molecule has 2 N–H and O–H groups in total. The number of ether oxygens (including phenoxy) is 2. The van der Waals surface area contributed by atoms with Crippen molar-refractivity contribution in [2.24, 2.45) is 0 Å². The summed E-state index contributed by atoms with van der Waals surface area (Å²) >= 11 is 0. The van der Waals surface area contributed by atoms with E-state index in [2.05, 4.69) is 0 Å². The molecule has 0 spiro atoms. The first kappa shape index (κ1) is 13.2. The molecule has 0 saturated heterocycles. The second-order valence-corrected chi connectivity index (χ2v) is 3.36. The van der Waals surface area contributed by atoms with E-state index < -0.39 is 7.12 Å². The third-order valence-electron chi connectivity index (χ3n) is 2.12. The first-order valence-electron chi connectivity index (χ1n) is 5.34. The SMILES string of the molecule is CCOCCOCc1ccc(B(O)O)cc1. The number of hydrogen-bond acceptors (Lipinski definition) is 4. The van der Waals surface area contributed by atoms with Crippen molar-refractivity contribution in [3.8, 4) is 0 Å². The average Bonchev–Trinajstić information content (AvgIpc) is 2.29. The van der Waals surface area contributed by atoms with Crippen molar-refractivity contribution in [2.45, 2.75) is 13.5 Å². The molecule has 0 aliphatic rings. The van der Waals surface area contributed by atoms with E-state index >= 15 is 0 Å². The third kappa shape index (κ3) is 4.76. The standard InChI is InChI=1S/C11H17BO4/c1-2-15-7-8-16-9-10-3-5-11(6-4-10)12(13)14/h3-6,13-14H,2,7-9H2,1H3. The lowest BCUT2D eigenvalue weighted by Crippen LogP contribution is -2.29. The molecular weight excluding hydrogens is 207 g/mol. The molecular formula is C11H17BO4. The van der Waals surface area contributed by atoms with Crippen molar-refractivity contribution in [1.82, 2.24) is 0 Å². The van der Waals surface area contributed by atoms with Crippen LogP contribution < -0.4 is 5.46 Å². The van der Waals surface area contributed by atoms with E-state index in [1.54, 1.807) is 12.1 Å². The second kappa shape index (κ2) is 7.41. The van der Waals surface area contributed by atoms with Gasteiger partial charge in [0.2, 0.25) is 0 Å². The van der Waals surface area contributed by atoms with Gasteiger partial charge in [0.15, 0.2) is 0 Å². The predicted molar refractivity (Wildman–Crippen MR) is 62.4 cm³/mol. The van der Waals surface area contributed by atoms with Crippen molar-refractivity contribution in [3.63, 3.8) is 0 Å². The van der Waals surface area contributed by atoms with Crippen molar-refractivity contribution in [1.29, 1.82) is 0 Å². The second-order valence-electron chi connectivity index (χ2n) is 3.36. The third-order valence-corrected chi connectivity index (χ3v) is 2.12. The van der Waals surface area contributed by atoms with Crippen LogP contribution in [0.1, 0.15) is 12.5 Å². The molecule has 0 atom stereocenters. The van der Waals surface area contributed by atoms with E-state index in [1.165, 1.54) is 0 Å². The molecule has 0 aromatic heterocycles. The fraction of sp³-hybridized carbons (Fsp3) is 0.455. The van der Waals surface area contributed by atoms with Gasteiger partial charge < -0.3 is 19.5 Å². The highest BCUT2D eigenvalue weighted by Crippen LogP contribution is 1.99. The summed E-state index contributed by atoms with van der Waals surface area (Å²) in [6, 6.07) is 6.97. The van der Waals surface area contributed by atoms with Crippen LogP contribution in [0.25, 0.3) is 0 Å². The molecule has 0 unspecified atom stereocenters. The molecule has 0 radical (unpaired) electrons. The van der Waals surface area contributed by atoms with Gasteiger partial charge in [0.1, 0.15) is 0 Å². The first-order chi connectivity index (χ1) is 7.74. The molecule has 0 aliphatic heterocycles. The Morgan fingerprint density at radius 2 is 1.69 bits per heavy atom. The van der Waals surface area contributed by atoms with Gasteiger partial charge in [-0.3, -0.25) is 0 Å². The molecule has 0 amide bonds. The maximum atomic E-state index is 8.90. The quantitative estimate of drug-likeness (QED) is 0.502. The number of hydrogen-bond donors (Lipinski definition) is 2. The fourth-order valence-electron chi connectivity index (χ4n) is 1.24. The van der Waals surface area contributed by atoms with E-state index in [-0.39, 0.29) is 0 Å². The van der Waals surface area contributed by atoms with Gasteiger partial charge in [-0.2, -0.15) is 0 Å². The van der Waals surface area contributed by atoms with Crippen LogP contribution in [0.2, 0.25) is 0 Å². The summed E-state index contributed by atoms with van der Waals surface area (Å²) in [4.78, 5) is 0. The van der Waals surface area contributed by atoms with E-state index in [1.807, 2.05) is 19.1 Å². The van der Waals surface area contributed by atoms with E-state index in [4.69, 9.17) is 19.5 Å². The Kier molecular flexibility index (Phi) is 6.11. The normalized spacial score (nSPS) is 10.4. The van der Waals surface area contributed by atoms with Crippen molar-refractivity contribution < 1.29 is 19.5 Å². The maximum absolute atomic E-state index is 8.90. The van der Waals surface area contributed by atoms with E-state index in [0.717, 1.165) is 5.56 Å². The molecule has 0 bridgehead atoms. The molecule has 0 saturated carbocycles. The minimum Gasteiger partial charge on any atom is -0.423 e. The zero-order valence-corrected chi connectivity index (χ0v) is 9.43. The van der Waals surface area contributed by atoms with E-state index in [9.17, 15) is 0 Å². The van der Waals surface area contributed by atoms with Gasteiger partial charge in [-0.15, -0.1) is 0 Å². The highest BCUT2D eigenvalue weighted by atomic mass is 16.5. The number of benzene rings is 1. The lowest BCUT2D eigenvalue weighted by molar-refractivity contribution is 0.0453. The minimum atomic E-state index is -1.41. The van der Waals surface area contributed by atoms with Crippen LogP contribution in [0, 0.1) is 0 Å². The van der Waals surface area contributed by atoms with Gasteiger partial charge >= 0.3 is 7.12 Å². The molecule has 5 heteroatoms. The molecule has 4 nitrogen and oxygen atoms in total. The highest BCUT2D eigenvalue weighted by Gasteiger charge is 2.09. The topological polar surface area (TPSA) is 58.9 Å². The van der Waals surface area contributed by atoms with Gasteiger partial charge in [-0.05, 0) is 17.9 Å². The number of rotatable bonds is 7. The molecule has 0 fully saturated rings. The van der Waals surface area contributed by atoms with Crippen LogP contribution in [-0.4, -0.2) is 37.0 Å². The van der Waals surface area contributed by atoms with Crippen LogP contribution >= 0.6 is 0 Å². The van der Waals surface area contributed by atoms with E-state index in [0.29, 0.717) is 31.9 Å². The lowest BCUT2D eigenvalue weighted by atomic mass is 9.80. The van der Waals surface area contributed by atoms with Crippen LogP contribution in [-0.2, 0) is 16.1 Å². The van der Waals surface area contributed by atoms with Gasteiger partial charge in [0.25, 0.3) is 0 Å².